The van der Waals surface area contributed by atoms with Crippen molar-refractivity contribution >= 4 is 16.7 Å². The van der Waals surface area contributed by atoms with Crippen LogP contribution in [0.2, 0.25) is 0 Å². The summed E-state index contributed by atoms with van der Waals surface area (Å²) >= 11 is 0. The van der Waals surface area contributed by atoms with E-state index in [1.165, 1.54) is 12.1 Å². The van der Waals surface area contributed by atoms with Gasteiger partial charge in [-0.2, -0.15) is 0 Å². The second kappa shape index (κ2) is 1.91. The Kier molecular flexibility index (Phi) is 1.06. The van der Waals surface area contributed by atoms with Gasteiger partial charge in [-0.25, -0.2) is 9.02 Å². The highest BCUT2D eigenvalue weighted by Crippen LogP contribution is 2.16. The molecule has 2 N–H and O–H groups in total. The number of anilines is 1. The van der Waals surface area contributed by atoms with Gasteiger partial charge in [0, 0.05) is 6.07 Å². The molecule has 0 aliphatic rings. The molecule has 0 saturated carbocycles. The van der Waals surface area contributed by atoms with Crippen LogP contribution >= 0.6 is 0 Å². The van der Waals surface area contributed by atoms with Crippen molar-refractivity contribution in [1.82, 2.24) is 10.3 Å². The third-order valence-electron chi connectivity index (χ3n) is 1.37. The minimum atomic E-state index is -0.506. The molecule has 5 heteroatoms. The van der Waals surface area contributed by atoms with Crippen LogP contribution in [0, 0.1) is 5.82 Å². The normalized spacial score (nSPS) is 10.6. The van der Waals surface area contributed by atoms with E-state index in [9.17, 15) is 4.39 Å². The van der Waals surface area contributed by atoms with Crippen LogP contribution < -0.4 is 5.73 Å². The first-order valence-corrected chi connectivity index (χ1v) is 2.94. The van der Waals surface area contributed by atoms with Crippen LogP contribution in [-0.4, -0.2) is 10.3 Å². The molecule has 0 saturated heterocycles. The number of aromatic nitrogens is 2. The van der Waals surface area contributed by atoms with E-state index >= 15 is 0 Å². The zero-order chi connectivity index (χ0) is 7.84. The lowest BCUT2D eigenvalue weighted by Gasteiger charge is -1.91. The first kappa shape index (κ1) is 6.09. The SMILES string of the molecule is Nc1cc2nonc2cc1F. The number of hydrogen-bond acceptors (Lipinski definition) is 4. The largest absolute Gasteiger partial charge is 0.396 e. The predicted molar refractivity (Wildman–Crippen MR) is 36.2 cm³/mol. The van der Waals surface area contributed by atoms with Crippen LogP contribution in [-0.2, 0) is 0 Å². The number of nitrogens with zero attached hydrogens (tertiary/aromatic N) is 2. The average molecular weight is 153 g/mol. The number of nitrogen functional groups attached to an aromatic ring is 1. The smallest absolute Gasteiger partial charge is 0.148 e. The molecule has 0 amide bonds. The van der Waals surface area contributed by atoms with Crippen molar-refractivity contribution in [3.63, 3.8) is 0 Å². The Morgan fingerprint density at radius 2 is 1.91 bits per heavy atom. The third kappa shape index (κ3) is 0.813. The second-order valence-electron chi connectivity index (χ2n) is 2.13. The Balaban J connectivity index is 2.86. The highest BCUT2D eigenvalue weighted by Gasteiger charge is 2.04. The molecule has 4 nitrogen and oxygen atoms in total. The number of halogens is 1. The maximum absolute atomic E-state index is 12.7. The fourth-order valence-corrected chi connectivity index (χ4v) is 0.822. The third-order valence-corrected chi connectivity index (χ3v) is 1.37. The fraction of sp³-hybridized carbons (Fsp3) is 0. The standard InChI is InChI=1S/C6H4FN3O/c7-3-1-5-6(2-4(3)8)10-11-9-5/h1-2H,8H2. The van der Waals surface area contributed by atoms with Crippen molar-refractivity contribution < 1.29 is 9.02 Å². The van der Waals surface area contributed by atoms with Gasteiger partial charge in [-0.15, -0.1) is 0 Å². The lowest BCUT2D eigenvalue weighted by molar-refractivity contribution is 0.315. The Morgan fingerprint density at radius 3 is 2.64 bits per heavy atom. The average Bonchev–Trinajstić information content (AvgIpc) is 2.36. The van der Waals surface area contributed by atoms with E-state index in [0.29, 0.717) is 11.0 Å². The molecule has 0 radical (unpaired) electrons. The maximum Gasteiger partial charge on any atom is 0.148 e. The Bertz CT molecular complexity index is 362. The van der Waals surface area contributed by atoms with Crippen molar-refractivity contribution in [2.75, 3.05) is 5.73 Å². The molecule has 1 heterocycles. The maximum atomic E-state index is 12.7. The van der Waals surface area contributed by atoms with Gasteiger partial charge in [-0.3, -0.25) is 0 Å². The minimum absolute atomic E-state index is 0.0493. The van der Waals surface area contributed by atoms with Gasteiger partial charge in [0.25, 0.3) is 0 Å². The van der Waals surface area contributed by atoms with Crippen LogP contribution in [0.3, 0.4) is 0 Å². The summed E-state index contributed by atoms with van der Waals surface area (Å²) in [4.78, 5) is 0. The molecule has 56 valence electrons. The molecule has 2 rings (SSSR count). The topological polar surface area (TPSA) is 64.9 Å². The quantitative estimate of drug-likeness (QED) is 0.572. The Morgan fingerprint density at radius 1 is 1.27 bits per heavy atom. The van der Waals surface area contributed by atoms with Crippen LogP contribution in [0.15, 0.2) is 16.8 Å². The zero-order valence-electron chi connectivity index (χ0n) is 5.41. The van der Waals surface area contributed by atoms with Crippen LogP contribution in [0.4, 0.5) is 10.1 Å². The summed E-state index contributed by atoms with van der Waals surface area (Å²) < 4.78 is 17.0. The van der Waals surface area contributed by atoms with Gasteiger partial charge in [0.15, 0.2) is 0 Å². The van der Waals surface area contributed by atoms with Crippen LogP contribution in [0.1, 0.15) is 0 Å². The Hall–Kier alpha value is -1.65. The molecule has 1 aromatic carbocycles. The van der Waals surface area contributed by atoms with Gasteiger partial charge in [0.05, 0.1) is 5.69 Å². The number of hydrogen-bond donors (Lipinski definition) is 1. The molecule has 0 aliphatic heterocycles. The first-order valence-electron chi connectivity index (χ1n) is 2.94. The molecule has 0 bridgehead atoms. The molecule has 0 spiro atoms. The molecule has 0 aliphatic carbocycles. The van der Waals surface area contributed by atoms with Crippen LogP contribution in [0.25, 0.3) is 11.0 Å². The Labute approximate surface area is 60.8 Å². The molecule has 0 unspecified atom stereocenters. The van der Waals surface area contributed by atoms with Crippen molar-refractivity contribution in [2.45, 2.75) is 0 Å². The molecular weight excluding hydrogens is 149 g/mol. The van der Waals surface area contributed by atoms with E-state index in [1.807, 2.05) is 0 Å². The monoisotopic (exact) mass is 153 g/mol. The molecular formula is C6H4FN3O. The molecule has 0 fully saturated rings. The summed E-state index contributed by atoms with van der Waals surface area (Å²) in [7, 11) is 0. The van der Waals surface area contributed by atoms with Crippen molar-refractivity contribution in [3.8, 4) is 0 Å². The van der Waals surface area contributed by atoms with E-state index in [-0.39, 0.29) is 5.69 Å². The highest BCUT2D eigenvalue weighted by atomic mass is 19.1. The van der Waals surface area contributed by atoms with Crippen molar-refractivity contribution in [3.05, 3.63) is 17.9 Å². The van der Waals surface area contributed by atoms with E-state index in [0.717, 1.165) is 0 Å². The number of nitrogens with two attached hydrogens (primary N) is 1. The summed E-state index contributed by atoms with van der Waals surface area (Å²) in [6, 6.07) is 2.56. The van der Waals surface area contributed by atoms with E-state index in [2.05, 4.69) is 14.9 Å². The summed E-state index contributed by atoms with van der Waals surface area (Å²) in [5.74, 6) is -0.506. The van der Waals surface area contributed by atoms with Gasteiger partial charge in [0.2, 0.25) is 0 Å². The fourth-order valence-electron chi connectivity index (χ4n) is 0.822. The minimum Gasteiger partial charge on any atom is -0.396 e. The summed E-state index contributed by atoms with van der Waals surface area (Å²) in [6.45, 7) is 0. The van der Waals surface area contributed by atoms with Gasteiger partial charge in [-0.05, 0) is 16.4 Å². The van der Waals surface area contributed by atoms with E-state index < -0.39 is 5.82 Å². The van der Waals surface area contributed by atoms with E-state index in [4.69, 9.17) is 5.73 Å². The summed E-state index contributed by atoms with van der Waals surface area (Å²) in [5, 5.41) is 6.93. The number of rotatable bonds is 0. The second-order valence-corrected chi connectivity index (χ2v) is 2.13. The lowest BCUT2D eigenvalue weighted by atomic mass is 10.3. The van der Waals surface area contributed by atoms with Gasteiger partial charge >= 0.3 is 0 Å². The predicted octanol–water partition coefficient (Wildman–Crippen LogP) is 0.944. The highest BCUT2D eigenvalue weighted by molar-refractivity contribution is 5.77. The van der Waals surface area contributed by atoms with E-state index in [1.54, 1.807) is 0 Å². The lowest BCUT2D eigenvalue weighted by Crippen LogP contribution is -1.89. The van der Waals surface area contributed by atoms with Crippen molar-refractivity contribution in [1.29, 1.82) is 0 Å². The van der Waals surface area contributed by atoms with Gasteiger partial charge in [-0.1, -0.05) is 0 Å². The van der Waals surface area contributed by atoms with Gasteiger partial charge in [0.1, 0.15) is 16.9 Å². The molecule has 1 aromatic heterocycles. The summed E-state index contributed by atoms with van der Waals surface area (Å²) in [6.07, 6.45) is 0. The molecule has 0 atom stereocenters. The molecule has 2 aromatic rings. The van der Waals surface area contributed by atoms with Gasteiger partial charge < -0.3 is 5.73 Å². The summed E-state index contributed by atoms with van der Waals surface area (Å²) in [5.41, 5.74) is 6.14. The number of fused-ring (bicyclic) bond motifs is 1. The molecule has 11 heavy (non-hydrogen) atoms. The van der Waals surface area contributed by atoms with Crippen molar-refractivity contribution in [2.24, 2.45) is 0 Å². The van der Waals surface area contributed by atoms with Crippen LogP contribution in [0.5, 0.6) is 0 Å². The number of benzene rings is 1. The zero-order valence-corrected chi connectivity index (χ0v) is 5.41. The first-order chi connectivity index (χ1) is 5.27.